The predicted molar refractivity (Wildman–Crippen MR) is 86.1 cm³/mol. The Kier molecular flexibility index (Phi) is 2.59. The number of hydrogen-bond acceptors (Lipinski definition) is 2. The van der Waals surface area contributed by atoms with Crippen LogP contribution in [0.15, 0.2) is 54.7 Å². The van der Waals surface area contributed by atoms with Crippen LogP contribution in [0.3, 0.4) is 0 Å². The van der Waals surface area contributed by atoms with Crippen LogP contribution in [-0.2, 0) is 0 Å². The van der Waals surface area contributed by atoms with E-state index in [9.17, 15) is 4.79 Å². The van der Waals surface area contributed by atoms with E-state index in [4.69, 9.17) is 5.11 Å². The standard InChI is InChI=1S/C17H11NO2S/c19-17(20)11-5-6-14-12(7-11)13(9-18-14)16-8-10-3-1-2-4-15(10)21-16/h1-9,18H,(H,19,20). The summed E-state index contributed by atoms with van der Waals surface area (Å²) in [6, 6.07) is 15.6. The number of carbonyl (C=O) groups is 1. The van der Waals surface area contributed by atoms with E-state index in [1.165, 1.54) is 10.1 Å². The maximum absolute atomic E-state index is 11.1. The largest absolute Gasteiger partial charge is 0.478 e. The molecule has 4 rings (SSSR count). The lowest BCUT2D eigenvalue weighted by Crippen LogP contribution is -1.94. The Balaban J connectivity index is 1.96. The first kappa shape index (κ1) is 12.2. The van der Waals surface area contributed by atoms with Crippen LogP contribution in [0.2, 0.25) is 0 Å². The first-order chi connectivity index (χ1) is 10.2. The van der Waals surface area contributed by atoms with Crippen molar-refractivity contribution in [3.63, 3.8) is 0 Å². The second-order valence-corrected chi connectivity index (χ2v) is 6.00. The fourth-order valence-corrected chi connectivity index (χ4v) is 3.67. The first-order valence-corrected chi connectivity index (χ1v) is 7.37. The summed E-state index contributed by atoms with van der Waals surface area (Å²) < 4.78 is 1.23. The molecule has 0 fully saturated rings. The number of aromatic amines is 1. The minimum absolute atomic E-state index is 0.310. The molecule has 0 aliphatic carbocycles. The molecule has 2 N–H and O–H groups in total. The number of thiophene rings is 1. The summed E-state index contributed by atoms with van der Waals surface area (Å²) in [6.07, 6.45) is 1.95. The van der Waals surface area contributed by atoms with E-state index in [2.05, 4.69) is 23.2 Å². The van der Waals surface area contributed by atoms with Crippen LogP contribution < -0.4 is 0 Å². The zero-order valence-corrected chi connectivity index (χ0v) is 11.8. The van der Waals surface area contributed by atoms with Crippen LogP contribution in [0.4, 0.5) is 0 Å². The van der Waals surface area contributed by atoms with Crippen LogP contribution >= 0.6 is 11.3 Å². The number of nitrogens with one attached hydrogen (secondary N) is 1. The number of aromatic nitrogens is 1. The van der Waals surface area contributed by atoms with E-state index in [1.54, 1.807) is 23.5 Å². The molecule has 2 aromatic carbocycles. The number of fused-ring (bicyclic) bond motifs is 2. The average Bonchev–Trinajstić information content (AvgIpc) is 3.09. The number of carboxylic acids is 1. The van der Waals surface area contributed by atoms with Crippen molar-refractivity contribution in [1.82, 2.24) is 4.98 Å². The summed E-state index contributed by atoms with van der Waals surface area (Å²) in [5.74, 6) is -0.902. The minimum Gasteiger partial charge on any atom is -0.478 e. The molecular formula is C17H11NO2S. The SMILES string of the molecule is O=C(O)c1ccc2[nH]cc(-c3cc4ccccc4s3)c2c1. The van der Waals surface area contributed by atoms with Gasteiger partial charge in [0.2, 0.25) is 0 Å². The van der Waals surface area contributed by atoms with Crippen molar-refractivity contribution >= 4 is 38.3 Å². The number of hydrogen-bond donors (Lipinski definition) is 2. The molecular weight excluding hydrogens is 282 g/mol. The third-order valence-electron chi connectivity index (χ3n) is 3.62. The Bertz CT molecular complexity index is 948. The van der Waals surface area contributed by atoms with Crippen LogP contribution in [0.1, 0.15) is 10.4 Å². The lowest BCUT2D eigenvalue weighted by molar-refractivity contribution is 0.0697. The number of carboxylic acid groups (broad SMARTS) is 1. The maximum Gasteiger partial charge on any atom is 0.335 e. The summed E-state index contributed by atoms with van der Waals surface area (Å²) in [5, 5.41) is 11.3. The smallest absolute Gasteiger partial charge is 0.335 e. The van der Waals surface area contributed by atoms with Gasteiger partial charge in [0.1, 0.15) is 0 Å². The Labute approximate surface area is 124 Å². The van der Waals surface area contributed by atoms with Gasteiger partial charge in [-0.1, -0.05) is 18.2 Å². The molecule has 0 bridgehead atoms. The van der Waals surface area contributed by atoms with Crippen molar-refractivity contribution in [2.24, 2.45) is 0 Å². The van der Waals surface area contributed by atoms with E-state index in [0.29, 0.717) is 5.56 Å². The normalized spacial score (nSPS) is 11.2. The topological polar surface area (TPSA) is 53.1 Å². The molecule has 0 saturated heterocycles. The van der Waals surface area contributed by atoms with E-state index in [-0.39, 0.29) is 0 Å². The zero-order chi connectivity index (χ0) is 14.4. The lowest BCUT2D eigenvalue weighted by Gasteiger charge is -1.97. The summed E-state index contributed by atoms with van der Waals surface area (Å²) >= 11 is 1.72. The Hall–Kier alpha value is -2.59. The van der Waals surface area contributed by atoms with Gasteiger partial charge in [0.15, 0.2) is 0 Å². The molecule has 0 amide bonds. The van der Waals surface area contributed by atoms with Gasteiger partial charge in [-0.25, -0.2) is 4.79 Å². The van der Waals surface area contributed by atoms with Gasteiger partial charge >= 0.3 is 5.97 Å². The highest BCUT2D eigenvalue weighted by Gasteiger charge is 2.12. The fraction of sp³-hybridized carbons (Fsp3) is 0. The molecule has 0 aliphatic rings. The first-order valence-electron chi connectivity index (χ1n) is 6.56. The van der Waals surface area contributed by atoms with Crippen molar-refractivity contribution in [3.8, 4) is 10.4 Å². The summed E-state index contributed by atoms with van der Waals surface area (Å²) in [4.78, 5) is 15.5. The van der Waals surface area contributed by atoms with Gasteiger partial charge in [0, 0.05) is 32.2 Å². The van der Waals surface area contributed by atoms with Crippen LogP contribution in [0.5, 0.6) is 0 Å². The second kappa shape index (κ2) is 4.46. The fourth-order valence-electron chi connectivity index (χ4n) is 2.57. The summed E-state index contributed by atoms with van der Waals surface area (Å²) in [5.41, 5.74) is 2.31. The van der Waals surface area contributed by atoms with Gasteiger partial charge in [-0.15, -0.1) is 11.3 Å². The molecule has 21 heavy (non-hydrogen) atoms. The molecule has 102 valence electrons. The Morgan fingerprint density at radius 3 is 2.76 bits per heavy atom. The molecule has 2 heterocycles. The highest BCUT2D eigenvalue weighted by atomic mass is 32.1. The zero-order valence-electron chi connectivity index (χ0n) is 11.0. The number of benzene rings is 2. The maximum atomic E-state index is 11.1. The summed E-state index contributed by atoms with van der Waals surface area (Å²) in [7, 11) is 0. The Morgan fingerprint density at radius 1 is 1.10 bits per heavy atom. The molecule has 4 heteroatoms. The number of aromatic carboxylic acids is 1. The van der Waals surface area contributed by atoms with Crippen molar-refractivity contribution in [2.75, 3.05) is 0 Å². The van der Waals surface area contributed by atoms with Gasteiger partial charge in [-0.2, -0.15) is 0 Å². The third kappa shape index (κ3) is 1.92. The van der Waals surface area contributed by atoms with E-state index >= 15 is 0 Å². The highest BCUT2D eigenvalue weighted by Crippen LogP contribution is 2.37. The monoisotopic (exact) mass is 293 g/mol. The van der Waals surface area contributed by atoms with Gasteiger partial charge < -0.3 is 10.1 Å². The molecule has 0 saturated carbocycles. The van der Waals surface area contributed by atoms with Gasteiger partial charge in [0.25, 0.3) is 0 Å². The van der Waals surface area contributed by atoms with Crippen LogP contribution in [-0.4, -0.2) is 16.1 Å². The molecule has 0 radical (unpaired) electrons. The second-order valence-electron chi connectivity index (χ2n) is 4.92. The van der Waals surface area contributed by atoms with Crippen molar-refractivity contribution in [1.29, 1.82) is 0 Å². The lowest BCUT2D eigenvalue weighted by atomic mass is 10.1. The van der Waals surface area contributed by atoms with Gasteiger partial charge in [0.05, 0.1) is 5.56 Å². The summed E-state index contributed by atoms with van der Waals surface area (Å²) in [6.45, 7) is 0. The van der Waals surface area contributed by atoms with Crippen molar-refractivity contribution in [3.05, 3.63) is 60.3 Å². The molecule has 3 nitrogen and oxygen atoms in total. The number of rotatable bonds is 2. The van der Waals surface area contributed by atoms with Crippen LogP contribution in [0.25, 0.3) is 31.4 Å². The van der Waals surface area contributed by atoms with Crippen molar-refractivity contribution in [2.45, 2.75) is 0 Å². The highest BCUT2D eigenvalue weighted by molar-refractivity contribution is 7.22. The van der Waals surface area contributed by atoms with Crippen LogP contribution in [0, 0.1) is 0 Å². The molecule has 2 aromatic heterocycles. The van der Waals surface area contributed by atoms with Gasteiger partial charge in [-0.3, -0.25) is 0 Å². The average molecular weight is 293 g/mol. The molecule has 0 aliphatic heterocycles. The van der Waals surface area contributed by atoms with Crippen molar-refractivity contribution < 1.29 is 9.90 Å². The molecule has 0 spiro atoms. The minimum atomic E-state index is -0.902. The predicted octanol–water partition coefficient (Wildman–Crippen LogP) is 4.75. The van der Waals surface area contributed by atoms with E-state index in [0.717, 1.165) is 21.3 Å². The molecule has 4 aromatic rings. The third-order valence-corrected chi connectivity index (χ3v) is 4.77. The Morgan fingerprint density at radius 2 is 1.95 bits per heavy atom. The number of H-pyrrole nitrogens is 1. The molecule has 0 atom stereocenters. The van der Waals surface area contributed by atoms with E-state index in [1.807, 2.05) is 24.4 Å². The molecule has 0 unspecified atom stereocenters. The van der Waals surface area contributed by atoms with E-state index < -0.39 is 5.97 Å². The van der Waals surface area contributed by atoms with Gasteiger partial charge in [-0.05, 0) is 35.7 Å². The quantitative estimate of drug-likeness (QED) is 0.560.